The number of nitrogens with one attached hydrogen (secondary N) is 2. The van der Waals surface area contributed by atoms with E-state index >= 15 is 0 Å². The van der Waals surface area contributed by atoms with Gasteiger partial charge in [-0.25, -0.2) is 5.48 Å². The molecule has 0 unspecified atom stereocenters. The first kappa shape index (κ1) is 19.3. The number of hydroxylamine groups is 1. The number of nitrogens with zero attached hydrogens (tertiary/aromatic N) is 2. The Balaban J connectivity index is 1.50. The number of hydrogen-bond donors (Lipinski definition) is 3. The topological polar surface area (TPSA) is 100 Å². The molecule has 146 valence electrons. The molecule has 2 fully saturated rings. The SMILES string of the molecule is O=C(C[C@@H](CCCC1CCCCC1)c1nc(CNC2CCC2)no1)NO. The van der Waals surface area contributed by atoms with Gasteiger partial charge in [0, 0.05) is 18.4 Å². The van der Waals surface area contributed by atoms with Gasteiger partial charge < -0.3 is 9.84 Å². The van der Waals surface area contributed by atoms with E-state index in [9.17, 15) is 4.79 Å². The Morgan fingerprint density at radius 3 is 2.69 bits per heavy atom. The standard InChI is InChI=1S/C19H32N4O3/c24-18(22-25)12-15(9-4-8-14-6-2-1-3-7-14)19-21-17(23-26-19)13-20-16-10-5-11-16/h14-16,20,25H,1-13H2,(H,22,24)/t15-/m1/s1. The van der Waals surface area contributed by atoms with Crippen molar-refractivity contribution in [2.45, 2.75) is 95.6 Å². The first-order chi connectivity index (χ1) is 12.7. The molecule has 3 rings (SSSR count). The second-order valence-electron chi connectivity index (χ2n) is 7.93. The van der Waals surface area contributed by atoms with Crippen LogP contribution in [0.15, 0.2) is 4.52 Å². The van der Waals surface area contributed by atoms with Gasteiger partial charge in [0.15, 0.2) is 5.82 Å². The molecule has 3 N–H and O–H groups in total. The predicted octanol–water partition coefficient (Wildman–Crippen LogP) is 3.44. The summed E-state index contributed by atoms with van der Waals surface area (Å²) in [5.74, 6) is 1.45. The zero-order valence-electron chi connectivity index (χ0n) is 15.6. The average molecular weight is 364 g/mol. The molecule has 2 saturated carbocycles. The Bertz CT molecular complexity index is 553. The van der Waals surface area contributed by atoms with Crippen molar-refractivity contribution in [2.24, 2.45) is 5.92 Å². The first-order valence-electron chi connectivity index (χ1n) is 10.2. The number of rotatable bonds is 10. The summed E-state index contributed by atoms with van der Waals surface area (Å²) in [6.45, 7) is 0.606. The van der Waals surface area contributed by atoms with Crippen LogP contribution in [0.2, 0.25) is 0 Å². The summed E-state index contributed by atoms with van der Waals surface area (Å²) in [5, 5.41) is 16.3. The lowest BCUT2D eigenvalue weighted by atomic mass is 9.84. The molecule has 26 heavy (non-hydrogen) atoms. The smallest absolute Gasteiger partial charge is 0.244 e. The molecule has 0 radical (unpaired) electrons. The summed E-state index contributed by atoms with van der Waals surface area (Å²) < 4.78 is 5.44. The number of aromatic nitrogens is 2. The largest absolute Gasteiger partial charge is 0.339 e. The number of carbonyl (C=O) groups is 1. The summed E-state index contributed by atoms with van der Waals surface area (Å²) >= 11 is 0. The Hall–Kier alpha value is -1.47. The summed E-state index contributed by atoms with van der Waals surface area (Å²) in [5.41, 5.74) is 1.73. The molecule has 1 aromatic heterocycles. The highest BCUT2D eigenvalue weighted by atomic mass is 16.5. The van der Waals surface area contributed by atoms with E-state index in [-0.39, 0.29) is 12.3 Å². The molecule has 2 aliphatic rings. The van der Waals surface area contributed by atoms with Gasteiger partial charge in [-0.05, 0) is 25.2 Å². The third-order valence-corrected chi connectivity index (χ3v) is 5.93. The van der Waals surface area contributed by atoms with Crippen molar-refractivity contribution in [1.82, 2.24) is 20.9 Å². The van der Waals surface area contributed by atoms with E-state index < -0.39 is 5.91 Å². The van der Waals surface area contributed by atoms with E-state index in [4.69, 9.17) is 9.73 Å². The lowest BCUT2D eigenvalue weighted by Crippen LogP contribution is -2.34. The van der Waals surface area contributed by atoms with Gasteiger partial charge in [0.25, 0.3) is 0 Å². The minimum absolute atomic E-state index is 0.129. The van der Waals surface area contributed by atoms with Crippen LogP contribution in [0.25, 0.3) is 0 Å². The quantitative estimate of drug-likeness (QED) is 0.434. The zero-order valence-corrected chi connectivity index (χ0v) is 15.6. The van der Waals surface area contributed by atoms with Crippen LogP contribution < -0.4 is 10.8 Å². The maximum Gasteiger partial charge on any atom is 0.244 e. The van der Waals surface area contributed by atoms with Gasteiger partial charge in [0.1, 0.15) is 0 Å². The molecule has 0 bridgehead atoms. The van der Waals surface area contributed by atoms with Crippen molar-refractivity contribution in [2.75, 3.05) is 0 Å². The van der Waals surface area contributed by atoms with Crippen LogP contribution in [0.5, 0.6) is 0 Å². The monoisotopic (exact) mass is 364 g/mol. The van der Waals surface area contributed by atoms with Crippen LogP contribution >= 0.6 is 0 Å². The molecule has 0 aliphatic heterocycles. The van der Waals surface area contributed by atoms with E-state index in [0.717, 1.165) is 18.8 Å². The van der Waals surface area contributed by atoms with Crippen LogP contribution in [0.1, 0.15) is 94.7 Å². The van der Waals surface area contributed by atoms with E-state index in [2.05, 4.69) is 15.5 Å². The number of hydrogen-bond acceptors (Lipinski definition) is 6. The molecular weight excluding hydrogens is 332 g/mol. The summed E-state index contributed by atoms with van der Waals surface area (Å²) in [4.78, 5) is 16.2. The fourth-order valence-electron chi connectivity index (χ4n) is 4.06. The molecule has 7 heteroatoms. The number of amides is 1. The van der Waals surface area contributed by atoms with Crippen molar-refractivity contribution in [3.8, 4) is 0 Å². The molecular formula is C19H32N4O3. The first-order valence-corrected chi connectivity index (χ1v) is 10.2. The lowest BCUT2D eigenvalue weighted by molar-refractivity contribution is -0.129. The van der Waals surface area contributed by atoms with Gasteiger partial charge in [-0.2, -0.15) is 4.98 Å². The molecule has 1 aromatic rings. The highest BCUT2D eigenvalue weighted by Gasteiger charge is 2.24. The highest BCUT2D eigenvalue weighted by molar-refractivity contribution is 5.75. The zero-order chi connectivity index (χ0) is 18.2. The van der Waals surface area contributed by atoms with E-state index in [0.29, 0.717) is 24.3 Å². The second-order valence-corrected chi connectivity index (χ2v) is 7.93. The van der Waals surface area contributed by atoms with Crippen LogP contribution in [-0.4, -0.2) is 27.3 Å². The van der Waals surface area contributed by atoms with Crippen molar-refractivity contribution in [3.05, 3.63) is 11.7 Å². The highest BCUT2D eigenvalue weighted by Crippen LogP contribution is 2.31. The molecule has 7 nitrogen and oxygen atoms in total. The Morgan fingerprint density at radius 1 is 1.19 bits per heavy atom. The Morgan fingerprint density at radius 2 is 2.00 bits per heavy atom. The molecule has 2 aliphatic carbocycles. The van der Waals surface area contributed by atoms with Crippen molar-refractivity contribution < 1.29 is 14.5 Å². The van der Waals surface area contributed by atoms with Gasteiger partial charge in [0.2, 0.25) is 11.8 Å². The minimum atomic E-state index is -0.403. The second kappa shape index (κ2) is 10.0. The maximum atomic E-state index is 11.7. The van der Waals surface area contributed by atoms with Crippen LogP contribution in [0, 0.1) is 5.92 Å². The maximum absolute atomic E-state index is 11.7. The third-order valence-electron chi connectivity index (χ3n) is 5.93. The van der Waals surface area contributed by atoms with Crippen LogP contribution in [-0.2, 0) is 11.3 Å². The van der Waals surface area contributed by atoms with Gasteiger partial charge in [-0.15, -0.1) is 0 Å². The minimum Gasteiger partial charge on any atom is -0.339 e. The summed E-state index contributed by atoms with van der Waals surface area (Å²) in [7, 11) is 0. The average Bonchev–Trinajstić information content (AvgIpc) is 3.09. The Kier molecular flexibility index (Phi) is 7.43. The molecule has 1 amide bonds. The van der Waals surface area contributed by atoms with E-state index in [1.165, 1.54) is 57.8 Å². The molecule has 1 atom stereocenters. The summed E-state index contributed by atoms with van der Waals surface area (Å²) in [6, 6.07) is 0.573. The fourth-order valence-corrected chi connectivity index (χ4v) is 4.06. The van der Waals surface area contributed by atoms with Crippen LogP contribution in [0.3, 0.4) is 0 Å². The van der Waals surface area contributed by atoms with Gasteiger partial charge in [-0.3, -0.25) is 10.0 Å². The van der Waals surface area contributed by atoms with Crippen LogP contribution in [0.4, 0.5) is 0 Å². The van der Waals surface area contributed by atoms with E-state index in [1.54, 1.807) is 5.48 Å². The molecule has 0 saturated heterocycles. The normalized spacial score (nSPS) is 19.9. The predicted molar refractivity (Wildman–Crippen MR) is 96.5 cm³/mol. The van der Waals surface area contributed by atoms with Gasteiger partial charge >= 0.3 is 0 Å². The third kappa shape index (κ3) is 5.77. The molecule has 0 aromatic carbocycles. The van der Waals surface area contributed by atoms with Gasteiger partial charge in [-0.1, -0.05) is 56.5 Å². The number of carbonyl (C=O) groups excluding carboxylic acids is 1. The lowest BCUT2D eigenvalue weighted by Gasteiger charge is -2.25. The molecule has 1 heterocycles. The van der Waals surface area contributed by atoms with Crippen molar-refractivity contribution in [3.63, 3.8) is 0 Å². The Labute approximate surface area is 155 Å². The molecule has 0 spiro atoms. The summed E-state index contributed by atoms with van der Waals surface area (Å²) in [6.07, 6.45) is 13.7. The van der Waals surface area contributed by atoms with E-state index in [1.807, 2.05) is 0 Å². The van der Waals surface area contributed by atoms with Gasteiger partial charge in [0.05, 0.1) is 6.54 Å². The fraction of sp³-hybridized carbons (Fsp3) is 0.842. The van der Waals surface area contributed by atoms with Crippen molar-refractivity contribution >= 4 is 5.91 Å². The van der Waals surface area contributed by atoms with Crippen molar-refractivity contribution in [1.29, 1.82) is 0 Å².